The lowest BCUT2D eigenvalue weighted by atomic mass is 10.1. The van der Waals surface area contributed by atoms with Crippen LogP contribution in [0.1, 0.15) is 11.1 Å². The number of aromatic nitrogens is 1. The highest BCUT2D eigenvalue weighted by molar-refractivity contribution is 7.89. The van der Waals surface area contributed by atoms with Gasteiger partial charge in [-0.2, -0.15) is 0 Å². The second-order valence-electron chi connectivity index (χ2n) is 5.84. The Morgan fingerprint density at radius 1 is 1.19 bits per heavy atom. The molecule has 0 atom stereocenters. The maximum absolute atomic E-state index is 12.1. The van der Waals surface area contributed by atoms with E-state index in [9.17, 15) is 8.42 Å². The molecule has 26 heavy (non-hydrogen) atoms. The van der Waals surface area contributed by atoms with E-state index in [1.54, 1.807) is 13.1 Å². The Morgan fingerprint density at radius 2 is 1.96 bits per heavy atom. The molecule has 0 amide bonds. The Hall–Kier alpha value is -2.45. The second-order valence-corrected chi connectivity index (χ2v) is 7.61. The van der Waals surface area contributed by atoms with E-state index in [1.165, 1.54) is 29.6 Å². The molecule has 0 bridgehead atoms. The summed E-state index contributed by atoms with van der Waals surface area (Å²) in [7, 11) is 0.106. The van der Waals surface area contributed by atoms with Crippen LogP contribution in [0, 0.1) is 6.92 Å². The quantitative estimate of drug-likeness (QED) is 0.434. The predicted molar refractivity (Wildman–Crippen MR) is 103 cm³/mol. The lowest BCUT2D eigenvalue weighted by molar-refractivity contribution is 0.475. The highest BCUT2D eigenvalue weighted by Crippen LogP contribution is 2.09. The van der Waals surface area contributed by atoms with Gasteiger partial charge in [0.25, 0.3) is 0 Å². The van der Waals surface area contributed by atoms with Gasteiger partial charge in [0.1, 0.15) is 4.90 Å². The van der Waals surface area contributed by atoms with Crippen LogP contribution >= 0.6 is 0 Å². The first-order valence-corrected chi connectivity index (χ1v) is 9.78. The molecule has 0 saturated heterocycles. The van der Waals surface area contributed by atoms with Gasteiger partial charge in [-0.15, -0.1) is 0 Å². The summed E-state index contributed by atoms with van der Waals surface area (Å²) in [6.45, 7) is 3.46. The van der Waals surface area contributed by atoms with Crippen LogP contribution in [0.4, 0.5) is 0 Å². The Kier molecular flexibility index (Phi) is 7.11. The predicted octanol–water partition coefficient (Wildman–Crippen LogP) is 1.38. The first-order valence-electron chi connectivity index (χ1n) is 8.30. The fraction of sp³-hybridized carbons (Fsp3) is 0.333. The molecule has 7 nitrogen and oxygen atoms in total. The highest BCUT2D eigenvalue weighted by Gasteiger charge is 2.13. The van der Waals surface area contributed by atoms with E-state index in [4.69, 9.17) is 0 Å². The summed E-state index contributed by atoms with van der Waals surface area (Å²) >= 11 is 0. The maximum atomic E-state index is 12.1. The van der Waals surface area contributed by atoms with Gasteiger partial charge < -0.3 is 10.2 Å². The van der Waals surface area contributed by atoms with Gasteiger partial charge in [0.05, 0.1) is 0 Å². The van der Waals surface area contributed by atoms with Crippen molar-refractivity contribution in [2.24, 2.45) is 4.99 Å². The smallest absolute Gasteiger partial charge is 0.242 e. The van der Waals surface area contributed by atoms with Crippen molar-refractivity contribution in [3.63, 3.8) is 0 Å². The van der Waals surface area contributed by atoms with E-state index >= 15 is 0 Å². The molecular weight excluding hydrogens is 350 g/mol. The molecule has 2 N–H and O–H groups in total. The van der Waals surface area contributed by atoms with E-state index in [0.29, 0.717) is 19.0 Å². The van der Waals surface area contributed by atoms with Gasteiger partial charge in [0, 0.05) is 46.1 Å². The van der Waals surface area contributed by atoms with E-state index in [0.717, 1.165) is 0 Å². The third kappa shape index (κ3) is 5.53. The molecule has 2 aromatic rings. The molecular formula is C18H25N5O2S. The number of rotatable bonds is 7. The van der Waals surface area contributed by atoms with Crippen molar-refractivity contribution in [2.45, 2.75) is 18.4 Å². The van der Waals surface area contributed by atoms with Gasteiger partial charge in [-0.25, -0.2) is 13.1 Å². The molecule has 140 valence electrons. The van der Waals surface area contributed by atoms with E-state index in [1.807, 2.05) is 24.1 Å². The summed E-state index contributed by atoms with van der Waals surface area (Å²) in [5.41, 5.74) is 2.44. The summed E-state index contributed by atoms with van der Waals surface area (Å²) in [4.78, 5) is 10.2. The number of sulfonamides is 1. The zero-order valence-electron chi connectivity index (χ0n) is 15.3. The molecule has 1 aromatic heterocycles. The van der Waals surface area contributed by atoms with Crippen LogP contribution in [-0.2, 0) is 16.6 Å². The summed E-state index contributed by atoms with van der Waals surface area (Å²) < 4.78 is 26.8. The van der Waals surface area contributed by atoms with Gasteiger partial charge in [-0.05, 0) is 30.2 Å². The van der Waals surface area contributed by atoms with Crippen molar-refractivity contribution < 1.29 is 8.42 Å². The molecule has 1 aromatic carbocycles. The fourth-order valence-electron chi connectivity index (χ4n) is 2.45. The number of aliphatic imine (C=N–C) groups is 1. The van der Waals surface area contributed by atoms with E-state index in [-0.39, 0.29) is 11.4 Å². The molecule has 0 radical (unpaired) electrons. The Morgan fingerprint density at radius 3 is 2.62 bits per heavy atom. The minimum absolute atomic E-state index is 0.154. The van der Waals surface area contributed by atoms with Crippen LogP contribution in [0.15, 0.2) is 58.7 Å². The lowest BCUT2D eigenvalue weighted by Crippen LogP contribution is -2.42. The normalized spacial score (nSPS) is 12.0. The Labute approximate surface area is 155 Å². The standard InChI is InChI=1S/C18H25N5O2S/c1-15-7-4-5-8-16(15)14-23(3)18(19-2)21-11-12-22-26(24,25)17-9-6-10-20-13-17/h4-10,13,22H,11-12,14H2,1-3H3,(H,19,21). The first kappa shape index (κ1) is 19.9. The van der Waals surface area contributed by atoms with Crippen molar-refractivity contribution in [2.75, 3.05) is 27.2 Å². The molecule has 0 aliphatic rings. The van der Waals surface area contributed by atoms with Crippen LogP contribution in [0.25, 0.3) is 0 Å². The molecule has 0 saturated carbocycles. The summed E-state index contributed by atoms with van der Waals surface area (Å²) in [5, 5.41) is 3.17. The number of hydrogen-bond acceptors (Lipinski definition) is 4. The van der Waals surface area contributed by atoms with Crippen molar-refractivity contribution in [1.82, 2.24) is 19.9 Å². The number of benzene rings is 1. The SMILES string of the molecule is CN=C(NCCNS(=O)(=O)c1cccnc1)N(C)Cc1ccccc1C. The highest BCUT2D eigenvalue weighted by atomic mass is 32.2. The third-order valence-electron chi connectivity index (χ3n) is 3.89. The first-order chi connectivity index (χ1) is 12.4. The Balaban J connectivity index is 1.84. The van der Waals surface area contributed by atoms with Gasteiger partial charge in [-0.1, -0.05) is 24.3 Å². The minimum Gasteiger partial charge on any atom is -0.355 e. The van der Waals surface area contributed by atoms with Gasteiger partial charge in [-0.3, -0.25) is 9.98 Å². The fourth-order valence-corrected chi connectivity index (χ4v) is 3.45. The number of pyridine rings is 1. The average Bonchev–Trinajstić information content (AvgIpc) is 2.64. The summed E-state index contributed by atoms with van der Waals surface area (Å²) in [5.74, 6) is 0.703. The average molecular weight is 375 g/mol. The molecule has 8 heteroatoms. The van der Waals surface area contributed by atoms with Gasteiger partial charge >= 0.3 is 0 Å². The van der Waals surface area contributed by atoms with Crippen LogP contribution in [0.2, 0.25) is 0 Å². The zero-order valence-corrected chi connectivity index (χ0v) is 16.1. The Bertz CT molecular complexity index is 838. The second kappa shape index (κ2) is 9.30. The topological polar surface area (TPSA) is 86.7 Å². The van der Waals surface area contributed by atoms with Crippen molar-refractivity contribution in [3.05, 3.63) is 59.9 Å². The van der Waals surface area contributed by atoms with Crippen molar-refractivity contribution in [3.8, 4) is 0 Å². The number of hydrogen-bond donors (Lipinski definition) is 2. The van der Waals surface area contributed by atoms with Crippen LogP contribution < -0.4 is 10.0 Å². The van der Waals surface area contributed by atoms with Gasteiger partial charge in [0.2, 0.25) is 10.0 Å². The molecule has 0 unspecified atom stereocenters. The monoisotopic (exact) mass is 375 g/mol. The molecule has 0 aliphatic heterocycles. The number of nitrogens with one attached hydrogen (secondary N) is 2. The molecule has 0 spiro atoms. The third-order valence-corrected chi connectivity index (χ3v) is 5.33. The number of guanidine groups is 1. The van der Waals surface area contributed by atoms with E-state index in [2.05, 4.69) is 39.1 Å². The lowest BCUT2D eigenvalue weighted by Gasteiger charge is -2.23. The van der Waals surface area contributed by atoms with Crippen molar-refractivity contribution >= 4 is 16.0 Å². The summed E-state index contributed by atoms with van der Waals surface area (Å²) in [6, 6.07) is 11.3. The molecule has 1 heterocycles. The van der Waals surface area contributed by atoms with Crippen molar-refractivity contribution in [1.29, 1.82) is 0 Å². The molecule has 0 aliphatic carbocycles. The minimum atomic E-state index is -3.55. The van der Waals surface area contributed by atoms with Crippen LogP contribution in [-0.4, -0.2) is 51.4 Å². The van der Waals surface area contributed by atoms with E-state index < -0.39 is 10.0 Å². The van der Waals surface area contributed by atoms with Gasteiger partial charge in [0.15, 0.2) is 5.96 Å². The summed E-state index contributed by atoms with van der Waals surface area (Å²) in [6.07, 6.45) is 2.86. The number of nitrogens with zero attached hydrogens (tertiary/aromatic N) is 3. The largest absolute Gasteiger partial charge is 0.355 e. The zero-order chi connectivity index (χ0) is 19.0. The van der Waals surface area contributed by atoms with Crippen LogP contribution in [0.5, 0.6) is 0 Å². The molecule has 0 fully saturated rings. The number of aryl methyl sites for hydroxylation is 1. The van der Waals surface area contributed by atoms with Crippen LogP contribution in [0.3, 0.4) is 0 Å². The maximum Gasteiger partial charge on any atom is 0.242 e. The molecule has 2 rings (SSSR count).